The average molecular weight is 375 g/mol. The molecule has 1 aromatic carbocycles. The van der Waals surface area contributed by atoms with Crippen LogP contribution in [0.5, 0.6) is 0 Å². The van der Waals surface area contributed by atoms with Gasteiger partial charge in [-0.15, -0.1) is 0 Å². The minimum atomic E-state index is 0.000992. The summed E-state index contributed by atoms with van der Waals surface area (Å²) in [5.74, 6) is 0.396. The number of nitrogens with zero attached hydrogens (tertiary/aromatic N) is 2. The molecule has 3 rings (SSSR count). The topological polar surface area (TPSA) is 68.4 Å². The SMILES string of the molecule is CC(=O)NCCc1c[nH]c2c(CN3CCN(C(=O)CS)CC3)cccc12. The first-order chi connectivity index (χ1) is 12.6. The van der Waals surface area contributed by atoms with Crippen molar-refractivity contribution in [3.63, 3.8) is 0 Å². The molecule has 2 amide bonds. The number of piperazine rings is 1. The summed E-state index contributed by atoms with van der Waals surface area (Å²) < 4.78 is 0. The van der Waals surface area contributed by atoms with Crippen LogP contribution in [0.25, 0.3) is 10.9 Å². The van der Waals surface area contributed by atoms with Gasteiger partial charge in [0.05, 0.1) is 11.3 Å². The number of benzene rings is 1. The first kappa shape index (κ1) is 18.8. The molecule has 6 nitrogen and oxygen atoms in total. The number of para-hydroxylation sites is 1. The van der Waals surface area contributed by atoms with Crippen molar-refractivity contribution in [3.8, 4) is 0 Å². The van der Waals surface area contributed by atoms with E-state index in [0.29, 0.717) is 6.54 Å². The van der Waals surface area contributed by atoms with E-state index >= 15 is 0 Å². The highest BCUT2D eigenvalue weighted by Crippen LogP contribution is 2.23. The monoisotopic (exact) mass is 374 g/mol. The fourth-order valence-corrected chi connectivity index (χ4v) is 3.68. The molecule has 2 aromatic rings. The third-order valence-electron chi connectivity index (χ3n) is 4.91. The van der Waals surface area contributed by atoms with Crippen LogP contribution in [0.15, 0.2) is 24.4 Å². The normalized spacial score (nSPS) is 15.4. The van der Waals surface area contributed by atoms with Gasteiger partial charge < -0.3 is 15.2 Å². The largest absolute Gasteiger partial charge is 0.361 e. The van der Waals surface area contributed by atoms with Gasteiger partial charge in [0.25, 0.3) is 0 Å². The van der Waals surface area contributed by atoms with E-state index in [4.69, 9.17) is 0 Å². The molecule has 7 heteroatoms. The second-order valence-corrected chi connectivity index (χ2v) is 7.02. The van der Waals surface area contributed by atoms with Crippen LogP contribution in [0, 0.1) is 0 Å². The Hall–Kier alpha value is -1.99. The Labute approximate surface area is 159 Å². The Morgan fingerprint density at radius 1 is 1.19 bits per heavy atom. The molecular weight excluding hydrogens is 348 g/mol. The summed E-state index contributed by atoms with van der Waals surface area (Å²) in [5, 5.41) is 4.07. The molecule has 0 saturated carbocycles. The molecule has 1 saturated heterocycles. The lowest BCUT2D eigenvalue weighted by Gasteiger charge is -2.34. The lowest BCUT2D eigenvalue weighted by molar-refractivity contribution is -0.130. The summed E-state index contributed by atoms with van der Waals surface area (Å²) >= 11 is 4.07. The molecule has 0 unspecified atom stereocenters. The summed E-state index contributed by atoms with van der Waals surface area (Å²) in [7, 11) is 0. The minimum Gasteiger partial charge on any atom is -0.361 e. The second kappa shape index (κ2) is 8.60. The number of rotatable bonds is 6. The van der Waals surface area contributed by atoms with Crippen LogP contribution in [0.2, 0.25) is 0 Å². The van der Waals surface area contributed by atoms with Crippen LogP contribution in [-0.2, 0) is 22.6 Å². The van der Waals surface area contributed by atoms with Crippen molar-refractivity contribution in [2.24, 2.45) is 0 Å². The van der Waals surface area contributed by atoms with Crippen molar-refractivity contribution in [2.75, 3.05) is 38.5 Å². The van der Waals surface area contributed by atoms with Gasteiger partial charge in [0.15, 0.2) is 0 Å². The molecule has 1 aliphatic heterocycles. The third kappa shape index (κ3) is 4.40. The van der Waals surface area contributed by atoms with Gasteiger partial charge >= 0.3 is 0 Å². The van der Waals surface area contributed by atoms with Crippen LogP contribution in [0.4, 0.5) is 0 Å². The van der Waals surface area contributed by atoms with E-state index in [1.807, 2.05) is 11.1 Å². The number of carbonyl (C=O) groups is 2. The van der Waals surface area contributed by atoms with Crippen molar-refractivity contribution in [3.05, 3.63) is 35.5 Å². The molecule has 1 fully saturated rings. The molecule has 0 bridgehead atoms. The molecule has 2 N–H and O–H groups in total. The van der Waals surface area contributed by atoms with E-state index in [1.165, 1.54) is 29.0 Å². The van der Waals surface area contributed by atoms with Crippen LogP contribution in [0.1, 0.15) is 18.1 Å². The lowest BCUT2D eigenvalue weighted by Crippen LogP contribution is -2.48. The van der Waals surface area contributed by atoms with Crippen LogP contribution < -0.4 is 5.32 Å². The number of H-pyrrole nitrogens is 1. The molecule has 1 aliphatic rings. The molecule has 0 spiro atoms. The van der Waals surface area contributed by atoms with Gasteiger partial charge in [-0.05, 0) is 17.5 Å². The number of hydrogen-bond acceptors (Lipinski definition) is 4. The first-order valence-corrected chi connectivity index (χ1v) is 9.65. The highest BCUT2D eigenvalue weighted by molar-refractivity contribution is 7.81. The maximum atomic E-state index is 11.7. The quantitative estimate of drug-likeness (QED) is 0.670. The van der Waals surface area contributed by atoms with Crippen LogP contribution in [0.3, 0.4) is 0 Å². The van der Waals surface area contributed by atoms with Crippen molar-refractivity contribution in [1.29, 1.82) is 0 Å². The highest BCUT2D eigenvalue weighted by Gasteiger charge is 2.20. The van der Waals surface area contributed by atoms with Gasteiger partial charge in [-0.1, -0.05) is 18.2 Å². The molecular formula is C19H26N4O2S. The molecule has 140 valence electrons. The number of carbonyl (C=O) groups excluding carboxylic acids is 2. The molecule has 0 aliphatic carbocycles. The second-order valence-electron chi connectivity index (χ2n) is 6.70. The fraction of sp³-hybridized carbons (Fsp3) is 0.474. The van der Waals surface area contributed by atoms with Gasteiger partial charge in [-0.25, -0.2) is 0 Å². The smallest absolute Gasteiger partial charge is 0.232 e. The van der Waals surface area contributed by atoms with Gasteiger partial charge in [-0.2, -0.15) is 12.6 Å². The Morgan fingerprint density at radius 2 is 1.96 bits per heavy atom. The Morgan fingerprint density at radius 3 is 2.65 bits per heavy atom. The molecule has 0 atom stereocenters. The number of nitrogens with one attached hydrogen (secondary N) is 2. The van der Waals surface area contributed by atoms with E-state index in [-0.39, 0.29) is 17.6 Å². The van der Waals surface area contributed by atoms with Gasteiger partial charge in [0.1, 0.15) is 0 Å². The predicted molar refractivity (Wildman–Crippen MR) is 106 cm³/mol. The number of aromatic nitrogens is 1. The van der Waals surface area contributed by atoms with E-state index < -0.39 is 0 Å². The highest BCUT2D eigenvalue weighted by atomic mass is 32.1. The molecule has 2 heterocycles. The van der Waals surface area contributed by atoms with Crippen LogP contribution >= 0.6 is 12.6 Å². The molecule has 26 heavy (non-hydrogen) atoms. The van der Waals surface area contributed by atoms with Crippen molar-refractivity contribution < 1.29 is 9.59 Å². The zero-order valence-electron chi connectivity index (χ0n) is 15.1. The number of thiol groups is 1. The number of hydrogen-bond donors (Lipinski definition) is 3. The summed E-state index contributed by atoms with van der Waals surface area (Å²) in [6, 6.07) is 6.37. The van der Waals surface area contributed by atoms with E-state index in [2.05, 4.69) is 46.0 Å². The maximum Gasteiger partial charge on any atom is 0.232 e. The summed E-state index contributed by atoms with van der Waals surface area (Å²) in [5.41, 5.74) is 3.65. The van der Waals surface area contributed by atoms with Crippen LogP contribution in [-0.4, -0.2) is 65.1 Å². The van der Waals surface area contributed by atoms with Gasteiger partial charge in [-0.3, -0.25) is 14.5 Å². The van der Waals surface area contributed by atoms with E-state index in [1.54, 1.807) is 0 Å². The maximum absolute atomic E-state index is 11.7. The third-order valence-corrected chi connectivity index (χ3v) is 5.18. The Balaban J connectivity index is 1.65. The number of aromatic amines is 1. The van der Waals surface area contributed by atoms with Gasteiger partial charge in [0, 0.05) is 57.8 Å². The number of fused-ring (bicyclic) bond motifs is 1. The van der Waals surface area contributed by atoms with Crippen molar-refractivity contribution in [2.45, 2.75) is 19.9 Å². The summed E-state index contributed by atoms with van der Waals surface area (Å²) in [4.78, 5) is 30.5. The standard InChI is InChI=1S/C19H26N4O2S/c1-14(24)20-6-5-15-11-21-19-16(3-2-4-17(15)19)12-22-7-9-23(10-8-22)18(25)13-26/h2-4,11,21,26H,5-10,12-13H2,1H3,(H,20,24). The molecule has 1 aromatic heterocycles. The average Bonchev–Trinajstić information content (AvgIpc) is 3.06. The zero-order chi connectivity index (χ0) is 18.5. The van der Waals surface area contributed by atoms with Crippen molar-refractivity contribution >= 4 is 35.3 Å². The predicted octanol–water partition coefficient (Wildman–Crippen LogP) is 1.42. The minimum absolute atomic E-state index is 0.000992. The van der Waals surface area contributed by atoms with Gasteiger partial charge in [0.2, 0.25) is 11.8 Å². The Kier molecular flexibility index (Phi) is 6.21. The molecule has 0 radical (unpaired) electrons. The first-order valence-electron chi connectivity index (χ1n) is 9.01. The van der Waals surface area contributed by atoms with E-state index in [0.717, 1.165) is 39.1 Å². The van der Waals surface area contributed by atoms with Crippen molar-refractivity contribution in [1.82, 2.24) is 20.1 Å². The zero-order valence-corrected chi connectivity index (χ0v) is 16.0. The Bertz CT molecular complexity index is 781. The summed E-state index contributed by atoms with van der Waals surface area (Å²) in [6.45, 7) is 6.35. The van der Waals surface area contributed by atoms with E-state index in [9.17, 15) is 9.59 Å². The fourth-order valence-electron chi connectivity index (χ4n) is 3.48. The number of amides is 2. The summed E-state index contributed by atoms with van der Waals surface area (Å²) in [6.07, 6.45) is 2.85. The lowest BCUT2D eigenvalue weighted by atomic mass is 10.1.